The summed E-state index contributed by atoms with van der Waals surface area (Å²) in [6.07, 6.45) is 0. The maximum absolute atomic E-state index is 12.1. The van der Waals surface area contributed by atoms with E-state index in [2.05, 4.69) is 0 Å². The molecule has 3 nitrogen and oxygen atoms in total. The largest absolute Gasteiger partial charge is 0.334 e. The Morgan fingerprint density at radius 3 is 2.35 bits per heavy atom. The van der Waals surface area contributed by atoms with Crippen LogP contribution in [0, 0.1) is 6.92 Å². The molecule has 104 valence electrons. The molecule has 5 heteroatoms. The van der Waals surface area contributed by atoms with Crippen LogP contribution in [-0.2, 0) is 11.3 Å². The zero-order chi connectivity index (χ0) is 14.7. The first-order chi connectivity index (χ1) is 9.47. The Bertz CT molecular complexity index is 634. The average Bonchev–Trinajstić information content (AvgIpc) is 2.83. The van der Waals surface area contributed by atoms with Gasteiger partial charge in [-0.25, -0.2) is 0 Å². The minimum Gasteiger partial charge on any atom is -0.334 e. The Hall–Kier alpha value is -1.65. The van der Waals surface area contributed by atoms with E-state index < -0.39 is 11.7 Å². The van der Waals surface area contributed by atoms with Crippen LogP contribution in [0.1, 0.15) is 20.8 Å². The molecule has 20 heavy (non-hydrogen) atoms. The Morgan fingerprint density at radius 1 is 1.15 bits per heavy atom. The van der Waals surface area contributed by atoms with Gasteiger partial charge < -0.3 is 4.90 Å². The number of nitrogens with zero attached hydrogens (tertiary/aromatic N) is 1. The summed E-state index contributed by atoms with van der Waals surface area (Å²) < 4.78 is 0.672. The van der Waals surface area contributed by atoms with E-state index in [0.29, 0.717) is 16.4 Å². The van der Waals surface area contributed by atoms with Gasteiger partial charge in [0.25, 0.3) is 5.91 Å². The number of aryl methyl sites for hydroxylation is 1. The lowest BCUT2D eigenvalue weighted by Gasteiger charge is -2.15. The molecule has 2 rings (SSSR count). The molecule has 0 aliphatic heterocycles. The van der Waals surface area contributed by atoms with E-state index in [0.717, 1.165) is 10.4 Å². The van der Waals surface area contributed by atoms with E-state index in [9.17, 15) is 9.59 Å². The molecule has 0 unspecified atom stereocenters. The summed E-state index contributed by atoms with van der Waals surface area (Å²) in [5.41, 5.74) is 1.47. The molecule has 0 atom stereocenters. The summed E-state index contributed by atoms with van der Waals surface area (Å²) in [6.45, 7) is 2.32. The molecule has 0 N–H and O–H groups in total. The normalized spacial score (nSPS) is 10.3. The number of rotatable bonds is 4. The number of hydrogen-bond donors (Lipinski definition) is 0. The average molecular weight is 308 g/mol. The number of amides is 1. The quantitative estimate of drug-likeness (QED) is 0.640. The van der Waals surface area contributed by atoms with Crippen molar-refractivity contribution in [3.05, 3.63) is 56.7 Å². The second-order valence-electron chi connectivity index (χ2n) is 4.56. The van der Waals surface area contributed by atoms with Crippen molar-refractivity contribution in [2.75, 3.05) is 7.05 Å². The van der Waals surface area contributed by atoms with E-state index in [1.54, 1.807) is 25.2 Å². The van der Waals surface area contributed by atoms with Crippen molar-refractivity contribution < 1.29 is 9.59 Å². The number of thiophene rings is 1. The number of ketones is 1. The van der Waals surface area contributed by atoms with Crippen LogP contribution >= 0.6 is 22.9 Å². The van der Waals surface area contributed by atoms with Crippen LogP contribution in [0.25, 0.3) is 0 Å². The smallest absolute Gasteiger partial charge is 0.295 e. The highest BCUT2D eigenvalue weighted by atomic mass is 35.5. The first-order valence-corrected chi connectivity index (χ1v) is 7.27. The lowest BCUT2D eigenvalue weighted by atomic mass is 10.1. The maximum Gasteiger partial charge on any atom is 0.295 e. The lowest BCUT2D eigenvalue weighted by molar-refractivity contribution is -0.125. The fourth-order valence-electron chi connectivity index (χ4n) is 1.74. The number of hydrogen-bond acceptors (Lipinski definition) is 3. The highest BCUT2D eigenvalue weighted by molar-refractivity contribution is 7.16. The third-order valence-electron chi connectivity index (χ3n) is 2.88. The van der Waals surface area contributed by atoms with Gasteiger partial charge in [-0.05, 0) is 19.1 Å². The Balaban J connectivity index is 2.06. The van der Waals surface area contributed by atoms with Crippen LogP contribution in [0.15, 0.2) is 36.4 Å². The predicted molar refractivity (Wildman–Crippen MR) is 81.3 cm³/mol. The molecule has 0 spiro atoms. The monoisotopic (exact) mass is 307 g/mol. The Morgan fingerprint density at radius 2 is 1.80 bits per heavy atom. The number of carbonyl (C=O) groups excluding carboxylic acids is 2. The van der Waals surface area contributed by atoms with Gasteiger partial charge in [-0.3, -0.25) is 9.59 Å². The molecular weight excluding hydrogens is 294 g/mol. The van der Waals surface area contributed by atoms with Crippen molar-refractivity contribution in [1.82, 2.24) is 4.90 Å². The highest BCUT2D eigenvalue weighted by Gasteiger charge is 2.20. The van der Waals surface area contributed by atoms with Gasteiger partial charge in [0.05, 0.1) is 10.9 Å². The van der Waals surface area contributed by atoms with Crippen molar-refractivity contribution in [1.29, 1.82) is 0 Å². The van der Waals surface area contributed by atoms with Crippen LogP contribution in [0.5, 0.6) is 0 Å². The van der Waals surface area contributed by atoms with Gasteiger partial charge in [-0.1, -0.05) is 41.4 Å². The molecule has 2 aromatic rings. The van der Waals surface area contributed by atoms with Gasteiger partial charge in [0.2, 0.25) is 5.78 Å². The Labute approximate surface area is 126 Å². The molecule has 0 fully saturated rings. The first-order valence-electron chi connectivity index (χ1n) is 6.08. The van der Waals surface area contributed by atoms with E-state index in [4.69, 9.17) is 11.6 Å². The van der Waals surface area contributed by atoms with E-state index in [1.807, 2.05) is 25.1 Å². The van der Waals surface area contributed by atoms with Gasteiger partial charge in [-0.15, -0.1) is 11.3 Å². The highest BCUT2D eigenvalue weighted by Crippen LogP contribution is 2.22. The predicted octanol–water partition coefficient (Wildman–Crippen LogP) is 3.55. The van der Waals surface area contributed by atoms with Gasteiger partial charge in [-0.2, -0.15) is 0 Å². The molecule has 1 aromatic heterocycles. The Kier molecular flexibility index (Phi) is 4.57. The van der Waals surface area contributed by atoms with Gasteiger partial charge >= 0.3 is 0 Å². The molecule has 0 bridgehead atoms. The van der Waals surface area contributed by atoms with Crippen molar-refractivity contribution >= 4 is 34.6 Å². The molecule has 1 amide bonds. The molecular formula is C15H14ClNO2S. The third kappa shape index (κ3) is 3.46. The van der Waals surface area contributed by atoms with Gasteiger partial charge in [0, 0.05) is 17.5 Å². The van der Waals surface area contributed by atoms with Crippen molar-refractivity contribution in [3.63, 3.8) is 0 Å². The molecule has 0 aliphatic rings. The minimum absolute atomic E-state index is 0.383. The van der Waals surface area contributed by atoms with Crippen molar-refractivity contribution in [2.45, 2.75) is 13.5 Å². The second-order valence-corrected chi connectivity index (χ2v) is 6.36. The lowest BCUT2D eigenvalue weighted by Crippen LogP contribution is -2.32. The molecule has 1 heterocycles. The third-order valence-corrected chi connectivity index (χ3v) is 4.09. The van der Waals surface area contributed by atoms with Crippen LogP contribution in [0.2, 0.25) is 4.34 Å². The minimum atomic E-state index is -0.515. The van der Waals surface area contributed by atoms with Crippen LogP contribution in [-0.4, -0.2) is 23.6 Å². The number of carbonyl (C=O) groups is 2. The maximum atomic E-state index is 12.1. The van der Waals surface area contributed by atoms with Crippen molar-refractivity contribution in [3.8, 4) is 0 Å². The topological polar surface area (TPSA) is 37.4 Å². The summed E-state index contributed by atoms with van der Waals surface area (Å²) in [5, 5.41) is 0. The van der Waals surface area contributed by atoms with E-state index in [-0.39, 0.29) is 0 Å². The van der Waals surface area contributed by atoms with Crippen LogP contribution in [0.3, 0.4) is 0 Å². The summed E-state index contributed by atoms with van der Waals surface area (Å²) in [6, 6.07) is 10.6. The van der Waals surface area contributed by atoms with Gasteiger partial charge in [0.15, 0.2) is 0 Å². The first kappa shape index (κ1) is 14.8. The molecule has 0 saturated carbocycles. The number of Topliss-reactive ketones (excluding diaryl/α,β-unsaturated/α-hetero) is 1. The fraction of sp³-hybridized carbons (Fsp3) is 0.200. The zero-order valence-electron chi connectivity index (χ0n) is 11.2. The molecule has 0 aliphatic carbocycles. The summed E-state index contributed by atoms with van der Waals surface area (Å²) in [7, 11) is 1.61. The number of benzene rings is 1. The molecule has 0 radical (unpaired) electrons. The SMILES string of the molecule is Cc1ccc(C(=O)C(=O)N(C)Cc2ccc(Cl)s2)cc1. The van der Waals surface area contributed by atoms with Gasteiger partial charge in [0.1, 0.15) is 0 Å². The standard InChI is InChI=1S/C15H14ClNO2S/c1-10-3-5-11(6-4-10)14(18)15(19)17(2)9-12-7-8-13(16)20-12/h3-8H,9H2,1-2H3. The zero-order valence-corrected chi connectivity index (χ0v) is 12.8. The summed E-state index contributed by atoms with van der Waals surface area (Å²) >= 11 is 7.25. The number of halogens is 1. The van der Waals surface area contributed by atoms with Crippen LogP contribution < -0.4 is 0 Å². The van der Waals surface area contributed by atoms with Crippen LogP contribution in [0.4, 0.5) is 0 Å². The second kappa shape index (κ2) is 6.20. The fourth-order valence-corrected chi connectivity index (χ4v) is 2.89. The van der Waals surface area contributed by atoms with E-state index in [1.165, 1.54) is 16.2 Å². The van der Waals surface area contributed by atoms with E-state index >= 15 is 0 Å². The molecule has 1 aromatic carbocycles. The molecule has 0 saturated heterocycles. The summed E-state index contributed by atoms with van der Waals surface area (Å²) in [5.74, 6) is -1.01. The number of likely N-dealkylation sites (N-methyl/N-ethyl adjacent to an activating group) is 1. The van der Waals surface area contributed by atoms with Crippen molar-refractivity contribution in [2.24, 2.45) is 0 Å². The summed E-state index contributed by atoms with van der Waals surface area (Å²) in [4.78, 5) is 26.5.